The molecule has 0 atom stereocenters. The molecule has 1 heterocycles. The fraction of sp³-hybridized carbons (Fsp3) is 0.238. The Morgan fingerprint density at radius 3 is 2.44 bits per heavy atom. The molecule has 6 heteroatoms. The highest BCUT2D eigenvalue weighted by Gasteiger charge is 2.06. The van der Waals surface area contributed by atoms with E-state index in [4.69, 9.17) is 4.74 Å². The van der Waals surface area contributed by atoms with Crippen molar-refractivity contribution in [3.05, 3.63) is 65.9 Å². The highest BCUT2D eigenvalue weighted by Crippen LogP contribution is 2.21. The smallest absolute Gasteiger partial charge is 0.225 e. The van der Waals surface area contributed by atoms with Gasteiger partial charge in [-0.1, -0.05) is 18.2 Å². The summed E-state index contributed by atoms with van der Waals surface area (Å²) in [6.45, 7) is 2.54. The molecule has 0 amide bonds. The molecule has 27 heavy (non-hydrogen) atoms. The summed E-state index contributed by atoms with van der Waals surface area (Å²) in [4.78, 5) is 11.1. The van der Waals surface area contributed by atoms with E-state index in [0.29, 0.717) is 12.5 Å². The summed E-state index contributed by atoms with van der Waals surface area (Å²) >= 11 is 0. The first kappa shape index (κ1) is 18.5. The molecule has 0 spiro atoms. The van der Waals surface area contributed by atoms with Crippen molar-refractivity contribution < 1.29 is 4.74 Å². The zero-order valence-corrected chi connectivity index (χ0v) is 16.2. The van der Waals surface area contributed by atoms with Crippen molar-refractivity contribution in [2.45, 2.75) is 13.5 Å². The zero-order valence-electron chi connectivity index (χ0n) is 16.2. The Morgan fingerprint density at radius 2 is 1.74 bits per heavy atom. The van der Waals surface area contributed by atoms with Gasteiger partial charge in [0.15, 0.2) is 0 Å². The van der Waals surface area contributed by atoms with Gasteiger partial charge in [-0.15, -0.1) is 0 Å². The normalized spacial score (nSPS) is 10.4. The van der Waals surface area contributed by atoms with Crippen molar-refractivity contribution in [1.29, 1.82) is 0 Å². The molecule has 2 N–H and O–H groups in total. The minimum atomic E-state index is 0.577. The fourth-order valence-electron chi connectivity index (χ4n) is 2.73. The van der Waals surface area contributed by atoms with Crippen molar-refractivity contribution in [3.8, 4) is 5.75 Å². The standard InChI is InChI=1S/C21H25N5O/c1-15-13-20(24-17-9-11-18(12-10-17)26(2)3)25-21(23-15)22-14-16-7-5-6-8-19(16)27-4/h5-13H,14H2,1-4H3,(H2,22,23,24,25). The molecule has 0 saturated heterocycles. The minimum absolute atomic E-state index is 0.577. The largest absolute Gasteiger partial charge is 0.496 e. The van der Waals surface area contributed by atoms with E-state index in [1.165, 1.54) is 0 Å². The second-order valence-electron chi connectivity index (χ2n) is 6.45. The number of hydrogen-bond donors (Lipinski definition) is 2. The van der Waals surface area contributed by atoms with E-state index in [-0.39, 0.29) is 0 Å². The van der Waals surface area contributed by atoms with Crippen LogP contribution in [0.1, 0.15) is 11.3 Å². The molecule has 0 bridgehead atoms. The number of ether oxygens (including phenoxy) is 1. The van der Waals surface area contributed by atoms with Gasteiger partial charge in [0.2, 0.25) is 5.95 Å². The van der Waals surface area contributed by atoms with E-state index in [9.17, 15) is 0 Å². The highest BCUT2D eigenvalue weighted by molar-refractivity contribution is 5.61. The summed E-state index contributed by atoms with van der Waals surface area (Å²) < 4.78 is 5.39. The van der Waals surface area contributed by atoms with Crippen LogP contribution in [0, 0.1) is 6.92 Å². The molecular weight excluding hydrogens is 338 g/mol. The number of nitrogens with zero attached hydrogens (tertiary/aromatic N) is 3. The van der Waals surface area contributed by atoms with Gasteiger partial charge in [0.05, 0.1) is 7.11 Å². The van der Waals surface area contributed by atoms with Gasteiger partial charge in [0.25, 0.3) is 0 Å². The molecule has 0 unspecified atom stereocenters. The first-order valence-corrected chi connectivity index (χ1v) is 8.81. The summed E-state index contributed by atoms with van der Waals surface area (Å²) in [5.74, 6) is 2.17. The number of anilines is 4. The molecule has 0 aliphatic rings. The summed E-state index contributed by atoms with van der Waals surface area (Å²) in [5, 5.41) is 6.62. The second-order valence-corrected chi connectivity index (χ2v) is 6.45. The predicted molar refractivity (Wildman–Crippen MR) is 111 cm³/mol. The van der Waals surface area contributed by atoms with Crippen molar-refractivity contribution in [3.63, 3.8) is 0 Å². The van der Waals surface area contributed by atoms with Crippen LogP contribution in [-0.4, -0.2) is 31.2 Å². The van der Waals surface area contributed by atoms with Crippen LogP contribution >= 0.6 is 0 Å². The lowest BCUT2D eigenvalue weighted by Gasteiger charge is -2.14. The first-order valence-electron chi connectivity index (χ1n) is 8.81. The third-order valence-corrected chi connectivity index (χ3v) is 4.14. The number of methoxy groups -OCH3 is 1. The summed E-state index contributed by atoms with van der Waals surface area (Å²) in [6.07, 6.45) is 0. The number of para-hydroxylation sites is 1. The van der Waals surface area contributed by atoms with Crippen molar-refractivity contribution >= 4 is 23.1 Å². The summed E-state index contributed by atoms with van der Waals surface area (Å²) in [6, 6.07) is 18.0. The lowest BCUT2D eigenvalue weighted by atomic mass is 10.2. The Morgan fingerprint density at radius 1 is 1.00 bits per heavy atom. The predicted octanol–water partition coefficient (Wildman–Crippen LogP) is 4.22. The zero-order chi connectivity index (χ0) is 19.2. The third kappa shape index (κ3) is 4.88. The van der Waals surface area contributed by atoms with E-state index in [2.05, 4.69) is 37.6 Å². The second kappa shape index (κ2) is 8.40. The molecule has 0 aliphatic carbocycles. The Bertz CT molecular complexity index is 893. The summed E-state index contributed by atoms with van der Waals surface area (Å²) in [5.41, 5.74) is 4.08. The van der Waals surface area contributed by atoms with Crippen molar-refractivity contribution in [2.24, 2.45) is 0 Å². The van der Waals surface area contributed by atoms with E-state index in [1.54, 1.807) is 7.11 Å². The molecule has 0 fully saturated rings. The third-order valence-electron chi connectivity index (χ3n) is 4.14. The van der Waals surface area contributed by atoms with Gasteiger partial charge in [-0.2, -0.15) is 4.98 Å². The number of aryl methyl sites for hydroxylation is 1. The molecule has 3 aromatic rings. The van der Waals surface area contributed by atoms with Crippen LogP contribution < -0.4 is 20.3 Å². The number of rotatable bonds is 7. The molecule has 3 rings (SSSR count). The molecule has 0 aliphatic heterocycles. The fourth-order valence-corrected chi connectivity index (χ4v) is 2.73. The Balaban J connectivity index is 1.72. The van der Waals surface area contributed by atoms with Gasteiger partial charge in [-0.25, -0.2) is 4.98 Å². The number of hydrogen-bond acceptors (Lipinski definition) is 6. The Kier molecular flexibility index (Phi) is 5.76. The van der Waals surface area contributed by atoms with Crippen LogP contribution in [0.4, 0.5) is 23.1 Å². The maximum absolute atomic E-state index is 5.39. The van der Waals surface area contributed by atoms with E-state index in [0.717, 1.165) is 34.2 Å². The number of nitrogens with one attached hydrogen (secondary N) is 2. The molecule has 2 aromatic carbocycles. The highest BCUT2D eigenvalue weighted by atomic mass is 16.5. The van der Waals surface area contributed by atoms with Gasteiger partial charge < -0.3 is 20.3 Å². The minimum Gasteiger partial charge on any atom is -0.496 e. The van der Waals surface area contributed by atoms with Gasteiger partial charge in [0, 0.05) is 49.3 Å². The van der Waals surface area contributed by atoms with Gasteiger partial charge in [-0.3, -0.25) is 0 Å². The van der Waals surface area contributed by atoms with Crippen LogP contribution in [0.2, 0.25) is 0 Å². The lowest BCUT2D eigenvalue weighted by molar-refractivity contribution is 0.410. The topological polar surface area (TPSA) is 62.3 Å². The average Bonchev–Trinajstić information content (AvgIpc) is 2.66. The van der Waals surface area contributed by atoms with E-state index >= 15 is 0 Å². The summed E-state index contributed by atoms with van der Waals surface area (Å²) in [7, 11) is 5.72. The van der Waals surface area contributed by atoms with Gasteiger partial charge >= 0.3 is 0 Å². The number of benzene rings is 2. The van der Waals surface area contributed by atoms with Crippen LogP contribution in [0.5, 0.6) is 5.75 Å². The van der Waals surface area contributed by atoms with E-state index < -0.39 is 0 Å². The SMILES string of the molecule is COc1ccccc1CNc1nc(C)cc(Nc2ccc(N(C)C)cc2)n1. The van der Waals surface area contributed by atoms with Crippen LogP contribution in [-0.2, 0) is 6.54 Å². The Hall–Kier alpha value is -3.28. The maximum atomic E-state index is 5.39. The number of aromatic nitrogens is 2. The monoisotopic (exact) mass is 363 g/mol. The average molecular weight is 363 g/mol. The molecule has 6 nitrogen and oxygen atoms in total. The van der Waals surface area contributed by atoms with Crippen LogP contribution in [0.25, 0.3) is 0 Å². The maximum Gasteiger partial charge on any atom is 0.225 e. The van der Waals surface area contributed by atoms with Crippen LogP contribution in [0.15, 0.2) is 54.6 Å². The van der Waals surface area contributed by atoms with Gasteiger partial charge in [-0.05, 0) is 37.3 Å². The van der Waals surface area contributed by atoms with Crippen molar-refractivity contribution in [2.75, 3.05) is 36.7 Å². The molecule has 0 saturated carbocycles. The molecule has 1 aromatic heterocycles. The molecular formula is C21H25N5O. The van der Waals surface area contributed by atoms with E-state index in [1.807, 2.05) is 63.5 Å². The van der Waals surface area contributed by atoms with Gasteiger partial charge in [0.1, 0.15) is 11.6 Å². The molecule has 0 radical (unpaired) electrons. The molecule has 140 valence electrons. The van der Waals surface area contributed by atoms with Crippen molar-refractivity contribution in [1.82, 2.24) is 9.97 Å². The quantitative estimate of drug-likeness (QED) is 0.655. The lowest BCUT2D eigenvalue weighted by Crippen LogP contribution is -2.08. The first-order chi connectivity index (χ1) is 13.0. The van der Waals surface area contributed by atoms with Crippen LogP contribution in [0.3, 0.4) is 0 Å². The Labute approximate surface area is 160 Å².